The second-order valence-corrected chi connectivity index (χ2v) is 10.9. The molecule has 0 saturated carbocycles. The summed E-state index contributed by atoms with van der Waals surface area (Å²) in [5, 5.41) is 5.42. The molecule has 0 radical (unpaired) electrons. The molecule has 0 unspecified atom stereocenters. The van der Waals surface area contributed by atoms with E-state index in [9.17, 15) is 22.8 Å². The molecule has 34 heavy (non-hydrogen) atoms. The number of rotatable bonds is 5. The first-order chi connectivity index (χ1) is 16.3. The van der Waals surface area contributed by atoms with Crippen molar-refractivity contribution in [3.8, 4) is 0 Å². The highest BCUT2D eigenvalue weighted by atomic mass is 32.2. The molecule has 2 heterocycles. The van der Waals surface area contributed by atoms with Gasteiger partial charge in [-0.25, -0.2) is 13.2 Å². The number of imide groups is 1. The number of nitrogens with one attached hydrogen (secondary N) is 2. The molecular formula is C24H26N4O5S. The van der Waals surface area contributed by atoms with Gasteiger partial charge in [-0.15, -0.1) is 0 Å². The predicted octanol–water partition coefficient (Wildman–Crippen LogP) is 2.19. The molecule has 2 aromatic rings. The maximum absolute atomic E-state index is 13.2. The van der Waals surface area contributed by atoms with E-state index in [2.05, 4.69) is 10.6 Å². The third kappa shape index (κ3) is 3.76. The number of fused-ring (bicyclic) bond motifs is 2. The average molecular weight is 483 g/mol. The number of hydrogen-bond donors (Lipinski definition) is 2. The van der Waals surface area contributed by atoms with Crippen LogP contribution < -0.4 is 10.6 Å². The summed E-state index contributed by atoms with van der Waals surface area (Å²) in [6, 6.07) is 12.9. The molecule has 5 rings (SSSR count). The number of sulfonamides is 1. The summed E-state index contributed by atoms with van der Waals surface area (Å²) in [4.78, 5) is 39.6. The number of carbonyl (C=O) groups is 3. The Labute approximate surface area is 198 Å². The molecule has 10 heteroatoms. The molecule has 4 amide bonds. The van der Waals surface area contributed by atoms with Crippen molar-refractivity contribution in [2.24, 2.45) is 0 Å². The maximum Gasteiger partial charge on any atom is 0.325 e. The van der Waals surface area contributed by atoms with Crippen LogP contribution in [0.4, 0.5) is 10.5 Å². The summed E-state index contributed by atoms with van der Waals surface area (Å²) in [6.07, 6.45) is 3.78. The number of aryl methyl sites for hydroxylation is 1. The van der Waals surface area contributed by atoms with Crippen molar-refractivity contribution >= 4 is 33.6 Å². The standard InChI is InChI=1S/C24H26N4O5S/c29-21(25-18-8-6-9-19(15-18)34(32,33)27-13-4-1-5-14-27)16-28-22(30)24(26-23(28)31)12-11-17-7-2-3-10-20(17)24/h2-3,6-10,15H,1,4-5,11-14,16H2,(H,25,29)(H,26,31)/t24-/m1/s1. The summed E-state index contributed by atoms with van der Waals surface area (Å²) in [5.41, 5.74) is 0.938. The molecular weight excluding hydrogens is 456 g/mol. The number of carbonyl (C=O) groups excluding carboxylic acids is 3. The Hall–Kier alpha value is -3.24. The highest BCUT2D eigenvalue weighted by Crippen LogP contribution is 2.41. The minimum absolute atomic E-state index is 0.101. The lowest BCUT2D eigenvalue weighted by molar-refractivity contribution is -0.134. The predicted molar refractivity (Wildman–Crippen MR) is 124 cm³/mol. The zero-order valence-electron chi connectivity index (χ0n) is 18.6. The Morgan fingerprint density at radius 3 is 2.59 bits per heavy atom. The molecule has 1 spiro atoms. The average Bonchev–Trinajstić information content (AvgIpc) is 3.33. The van der Waals surface area contributed by atoms with Crippen LogP contribution in [-0.4, -0.2) is 55.1 Å². The lowest BCUT2D eigenvalue weighted by Gasteiger charge is -2.26. The number of hydrogen-bond acceptors (Lipinski definition) is 5. The summed E-state index contributed by atoms with van der Waals surface area (Å²) in [5.74, 6) is -1.03. The van der Waals surface area contributed by atoms with Crippen molar-refractivity contribution < 1.29 is 22.8 Å². The van der Waals surface area contributed by atoms with E-state index >= 15 is 0 Å². The Kier molecular flexibility index (Phi) is 5.65. The minimum Gasteiger partial charge on any atom is -0.324 e. The summed E-state index contributed by atoms with van der Waals surface area (Å²) in [7, 11) is -3.65. The monoisotopic (exact) mass is 482 g/mol. The zero-order chi connectivity index (χ0) is 23.9. The second kappa shape index (κ2) is 8.52. The van der Waals surface area contributed by atoms with E-state index < -0.39 is 40.0 Å². The van der Waals surface area contributed by atoms with Gasteiger partial charge < -0.3 is 10.6 Å². The Morgan fingerprint density at radius 2 is 1.79 bits per heavy atom. The van der Waals surface area contributed by atoms with Gasteiger partial charge in [-0.3, -0.25) is 14.5 Å². The van der Waals surface area contributed by atoms with Gasteiger partial charge in [0.2, 0.25) is 15.9 Å². The zero-order valence-corrected chi connectivity index (χ0v) is 19.4. The third-order valence-electron chi connectivity index (χ3n) is 6.79. The Morgan fingerprint density at radius 1 is 1.03 bits per heavy atom. The highest BCUT2D eigenvalue weighted by molar-refractivity contribution is 7.89. The van der Waals surface area contributed by atoms with E-state index in [0.29, 0.717) is 25.9 Å². The number of piperidine rings is 1. The van der Waals surface area contributed by atoms with Gasteiger partial charge in [-0.05, 0) is 55.0 Å². The molecule has 2 fully saturated rings. The summed E-state index contributed by atoms with van der Waals surface area (Å²) < 4.78 is 27.3. The maximum atomic E-state index is 13.2. The van der Waals surface area contributed by atoms with Crippen LogP contribution >= 0.6 is 0 Å². The molecule has 0 aromatic heterocycles. The molecule has 2 saturated heterocycles. The fraction of sp³-hybridized carbons (Fsp3) is 0.375. The molecule has 178 valence electrons. The van der Waals surface area contributed by atoms with E-state index in [-0.39, 0.29) is 10.6 Å². The molecule has 1 aliphatic carbocycles. The van der Waals surface area contributed by atoms with Crippen molar-refractivity contribution in [2.45, 2.75) is 42.5 Å². The van der Waals surface area contributed by atoms with Gasteiger partial charge in [0.1, 0.15) is 12.1 Å². The number of nitrogens with zero attached hydrogens (tertiary/aromatic N) is 2. The first kappa shape index (κ1) is 22.5. The van der Waals surface area contributed by atoms with Gasteiger partial charge in [0.05, 0.1) is 4.90 Å². The van der Waals surface area contributed by atoms with E-state index in [1.165, 1.54) is 16.4 Å². The van der Waals surface area contributed by atoms with Gasteiger partial charge in [0.25, 0.3) is 5.91 Å². The quantitative estimate of drug-likeness (QED) is 0.634. The molecule has 0 bridgehead atoms. The van der Waals surface area contributed by atoms with Gasteiger partial charge >= 0.3 is 6.03 Å². The minimum atomic E-state index is -3.65. The first-order valence-corrected chi connectivity index (χ1v) is 12.9. The SMILES string of the molecule is O=C(CN1C(=O)N[C@@]2(CCc3ccccc32)C1=O)Nc1cccc(S(=O)(=O)N2CCCCC2)c1. The van der Waals surface area contributed by atoms with Crippen molar-refractivity contribution in [1.29, 1.82) is 0 Å². The van der Waals surface area contributed by atoms with Crippen LogP contribution in [0.15, 0.2) is 53.4 Å². The summed E-state index contributed by atoms with van der Waals surface area (Å²) in [6.45, 7) is 0.504. The van der Waals surface area contributed by atoms with Crippen LogP contribution in [0.1, 0.15) is 36.8 Å². The fourth-order valence-electron chi connectivity index (χ4n) is 5.07. The van der Waals surface area contributed by atoms with Gasteiger partial charge in [0, 0.05) is 18.8 Å². The van der Waals surface area contributed by atoms with Gasteiger partial charge in [0.15, 0.2) is 0 Å². The molecule has 2 N–H and O–H groups in total. The van der Waals surface area contributed by atoms with Crippen molar-refractivity contribution in [3.63, 3.8) is 0 Å². The topological polar surface area (TPSA) is 116 Å². The van der Waals surface area contributed by atoms with Crippen molar-refractivity contribution in [2.75, 3.05) is 25.0 Å². The van der Waals surface area contributed by atoms with Crippen LogP contribution in [0, 0.1) is 0 Å². The smallest absolute Gasteiger partial charge is 0.324 e. The van der Waals surface area contributed by atoms with Crippen molar-refractivity contribution in [3.05, 3.63) is 59.7 Å². The molecule has 9 nitrogen and oxygen atoms in total. The number of anilines is 1. The van der Waals surface area contributed by atoms with Gasteiger partial charge in [-0.1, -0.05) is 36.8 Å². The fourth-order valence-corrected chi connectivity index (χ4v) is 6.63. The largest absolute Gasteiger partial charge is 0.325 e. The van der Waals surface area contributed by atoms with Crippen LogP contribution in [0.2, 0.25) is 0 Å². The van der Waals surface area contributed by atoms with Crippen LogP contribution in [-0.2, 0) is 31.6 Å². The lowest BCUT2D eigenvalue weighted by Crippen LogP contribution is -2.43. The van der Waals surface area contributed by atoms with Crippen LogP contribution in [0.3, 0.4) is 0 Å². The first-order valence-electron chi connectivity index (χ1n) is 11.4. The normalized spacial score (nSPS) is 22.6. The van der Waals surface area contributed by atoms with Crippen molar-refractivity contribution in [1.82, 2.24) is 14.5 Å². The molecule has 1 atom stereocenters. The summed E-state index contributed by atoms with van der Waals surface area (Å²) >= 11 is 0. The lowest BCUT2D eigenvalue weighted by atomic mass is 9.92. The number of benzene rings is 2. The van der Waals surface area contributed by atoms with E-state index in [1.807, 2.05) is 24.3 Å². The third-order valence-corrected chi connectivity index (χ3v) is 8.69. The van der Waals surface area contributed by atoms with E-state index in [4.69, 9.17) is 0 Å². The Bertz CT molecular complexity index is 1270. The second-order valence-electron chi connectivity index (χ2n) is 8.92. The van der Waals surface area contributed by atoms with E-state index in [1.54, 1.807) is 12.1 Å². The van der Waals surface area contributed by atoms with Gasteiger partial charge in [-0.2, -0.15) is 4.31 Å². The van der Waals surface area contributed by atoms with E-state index in [0.717, 1.165) is 35.3 Å². The molecule has 2 aliphatic heterocycles. The van der Waals surface area contributed by atoms with Crippen LogP contribution in [0.25, 0.3) is 0 Å². The number of urea groups is 1. The number of amides is 4. The van der Waals surface area contributed by atoms with Crippen LogP contribution in [0.5, 0.6) is 0 Å². The molecule has 2 aromatic carbocycles. The Balaban J connectivity index is 1.29. The highest BCUT2D eigenvalue weighted by Gasteiger charge is 2.55. The molecule has 3 aliphatic rings.